The predicted octanol–water partition coefficient (Wildman–Crippen LogP) is 7.11. The van der Waals surface area contributed by atoms with Crippen molar-refractivity contribution in [3.8, 4) is 17.4 Å². The zero-order chi connectivity index (χ0) is 20.3. The van der Waals surface area contributed by atoms with Gasteiger partial charge >= 0.3 is 0 Å². The fourth-order valence-electron chi connectivity index (χ4n) is 2.35. The molecule has 0 bridgehead atoms. The smallest absolute Gasteiger partial charge is 0.266 e. The van der Waals surface area contributed by atoms with Gasteiger partial charge in [-0.2, -0.15) is 5.26 Å². The van der Waals surface area contributed by atoms with Crippen LogP contribution >= 0.6 is 46.4 Å². The molecule has 1 amide bonds. The SMILES string of the molecule is N#C/C(=C\c1ccc(-c2cccc(Cl)c2Cl)o1)C(=O)Nc1cccc(Cl)c1Cl. The Morgan fingerprint density at radius 1 is 0.964 bits per heavy atom. The summed E-state index contributed by atoms with van der Waals surface area (Å²) in [5.41, 5.74) is 0.725. The van der Waals surface area contributed by atoms with Gasteiger partial charge in [0.2, 0.25) is 0 Å². The Hall–Kier alpha value is -2.42. The maximum Gasteiger partial charge on any atom is 0.266 e. The van der Waals surface area contributed by atoms with E-state index in [2.05, 4.69) is 5.32 Å². The Labute approximate surface area is 180 Å². The van der Waals surface area contributed by atoms with Crippen molar-refractivity contribution in [2.45, 2.75) is 0 Å². The van der Waals surface area contributed by atoms with E-state index in [1.54, 1.807) is 48.5 Å². The van der Waals surface area contributed by atoms with E-state index in [0.29, 0.717) is 32.8 Å². The van der Waals surface area contributed by atoms with Crippen molar-refractivity contribution in [3.05, 3.63) is 80.0 Å². The van der Waals surface area contributed by atoms with Crippen LogP contribution in [0.4, 0.5) is 5.69 Å². The van der Waals surface area contributed by atoms with Crippen molar-refractivity contribution in [2.24, 2.45) is 0 Å². The third kappa shape index (κ3) is 4.35. The molecule has 4 nitrogen and oxygen atoms in total. The number of nitrogens with zero attached hydrogens (tertiary/aromatic N) is 1. The molecule has 0 aliphatic carbocycles. The lowest BCUT2D eigenvalue weighted by Gasteiger charge is -2.07. The van der Waals surface area contributed by atoms with Crippen molar-refractivity contribution in [3.63, 3.8) is 0 Å². The molecule has 0 aliphatic heterocycles. The first-order valence-corrected chi connectivity index (χ1v) is 9.33. The summed E-state index contributed by atoms with van der Waals surface area (Å²) in [5, 5.41) is 13.1. The average molecular weight is 452 g/mol. The summed E-state index contributed by atoms with van der Waals surface area (Å²) in [6.45, 7) is 0. The zero-order valence-corrected chi connectivity index (χ0v) is 17.0. The molecule has 0 saturated heterocycles. The van der Waals surface area contributed by atoms with Gasteiger partial charge in [-0.25, -0.2) is 0 Å². The van der Waals surface area contributed by atoms with Gasteiger partial charge in [-0.15, -0.1) is 0 Å². The van der Waals surface area contributed by atoms with Crippen LogP contribution in [0.25, 0.3) is 17.4 Å². The summed E-state index contributed by atoms with van der Waals surface area (Å²) < 4.78 is 5.68. The summed E-state index contributed by atoms with van der Waals surface area (Å²) in [6, 6.07) is 15.1. The number of furan rings is 1. The molecule has 0 saturated carbocycles. The van der Waals surface area contributed by atoms with Gasteiger partial charge in [0.05, 0.1) is 25.8 Å². The summed E-state index contributed by atoms with van der Waals surface area (Å²) in [5.74, 6) is 0.106. The second kappa shape index (κ2) is 8.72. The highest BCUT2D eigenvalue weighted by molar-refractivity contribution is 6.44. The molecule has 0 atom stereocenters. The van der Waals surface area contributed by atoms with Gasteiger partial charge in [-0.1, -0.05) is 58.5 Å². The van der Waals surface area contributed by atoms with Crippen molar-refractivity contribution in [2.75, 3.05) is 5.32 Å². The van der Waals surface area contributed by atoms with Crippen molar-refractivity contribution >= 4 is 64.1 Å². The lowest BCUT2D eigenvalue weighted by molar-refractivity contribution is -0.112. The van der Waals surface area contributed by atoms with E-state index in [1.807, 2.05) is 6.07 Å². The van der Waals surface area contributed by atoms with Gasteiger partial charge in [0, 0.05) is 11.6 Å². The Morgan fingerprint density at radius 3 is 2.36 bits per heavy atom. The molecule has 2 aromatic carbocycles. The van der Waals surface area contributed by atoms with Gasteiger partial charge < -0.3 is 9.73 Å². The van der Waals surface area contributed by atoms with Crippen LogP contribution in [-0.2, 0) is 4.79 Å². The van der Waals surface area contributed by atoms with Gasteiger partial charge in [-0.3, -0.25) is 4.79 Å². The van der Waals surface area contributed by atoms with E-state index >= 15 is 0 Å². The Kier molecular flexibility index (Phi) is 6.33. The zero-order valence-electron chi connectivity index (χ0n) is 14.0. The molecule has 8 heteroatoms. The number of carbonyl (C=O) groups is 1. The number of amides is 1. The molecule has 140 valence electrons. The van der Waals surface area contributed by atoms with Crippen LogP contribution in [0.15, 0.2) is 58.5 Å². The number of carbonyl (C=O) groups excluding carboxylic acids is 1. The molecule has 0 radical (unpaired) electrons. The quantitative estimate of drug-likeness (QED) is 0.339. The molecule has 3 rings (SSSR count). The van der Waals surface area contributed by atoms with Gasteiger partial charge in [0.25, 0.3) is 5.91 Å². The van der Waals surface area contributed by atoms with E-state index in [1.165, 1.54) is 6.08 Å². The van der Waals surface area contributed by atoms with E-state index in [0.717, 1.165) is 0 Å². The van der Waals surface area contributed by atoms with Gasteiger partial charge in [0.1, 0.15) is 23.2 Å². The van der Waals surface area contributed by atoms with Crippen LogP contribution in [0.3, 0.4) is 0 Å². The van der Waals surface area contributed by atoms with Crippen LogP contribution in [0.1, 0.15) is 5.76 Å². The largest absolute Gasteiger partial charge is 0.457 e. The number of anilines is 1. The van der Waals surface area contributed by atoms with Crippen molar-refractivity contribution < 1.29 is 9.21 Å². The average Bonchev–Trinajstić information content (AvgIpc) is 3.14. The number of halogens is 4. The summed E-state index contributed by atoms with van der Waals surface area (Å²) in [7, 11) is 0. The van der Waals surface area contributed by atoms with Crippen LogP contribution in [0.2, 0.25) is 20.1 Å². The maximum atomic E-state index is 12.4. The maximum absolute atomic E-state index is 12.4. The first-order chi connectivity index (χ1) is 13.4. The molecule has 1 N–H and O–H groups in total. The molecule has 0 spiro atoms. The number of hydrogen-bond donors (Lipinski definition) is 1. The molecule has 28 heavy (non-hydrogen) atoms. The number of nitrogens with one attached hydrogen (secondary N) is 1. The minimum atomic E-state index is -0.648. The van der Waals surface area contributed by atoms with Gasteiger partial charge in [0.15, 0.2) is 0 Å². The molecule has 0 unspecified atom stereocenters. The predicted molar refractivity (Wildman–Crippen MR) is 113 cm³/mol. The van der Waals surface area contributed by atoms with Crippen LogP contribution < -0.4 is 5.32 Å². The highest BCUT2D eigenvalue weighted by Crippen LogP contribution is 2.35. The van der Waals surface area contributed by atoms with Crippen LogP contribution in [-0.4, -0.2) is 5.91 Å². The molecule has 0 aliphatic rings. The second-order valence-corrected chi connectivity index (χ2v) is 7.10. The Balaban J connectivity index is 1.86. The van der Waals surface area contributed by atoms with E-state index < -0.39 is 5.91 Å². The molecular weight excluding hydrogens is 442 g/mol. The number of benzene rings is 2. The first kappa shape index (κ1) is 20.3. The molecule has 1 aromatic heterocycles. The third-order valence-electron chi connectivity index (χ3n) is 3.70. The number of hydrogen-bond acceptors (Lipinski definition) is 3. The third-order valence-corrected chi connectivity index (χ3v) is 5.33. The van der Waals surface area contributed by atoms with E-state index in [-0.39, 0.29) is 15.6 Å². The normalized spacial score (nSPS) is 11.2. The lowest BCUT2D eigenvalue weighted by atomic mass is 10.2. The minimum absolute atomic E-state index is 0.172. The van der Waals surface area contributed by atoms with Crippen LogP contribution in [0.5, 0.6) is 0 Å². The first-order valence-electron chi connectivity index (χ1n) is 7.82. The monoisotopic (exact) mass is 450 g/mol. The highest BCUT2D eigenvalue weighted by atomic mass is 35.5. The topological polar surface area (TPSA) is 66.0 Å². The summed E-state index contributed by atoms with van der Waals surface area (Å²) >= 11 is 24.2. The lowest BCUT2D eigenvalue weighted by Crippen LogP contribution is -2.13. The molecule has 0 fully saturated rings. The molecule has 3 aromatic rings. The van der Waals surface area contributed by atoms with Gasteiger partial charge in [-0.05, 0) is 36.4 Å². The van der Waals surface area contributed by atoms with E-state index in [4.69, 9.17) is 50.8 Å². The standard InChI is InChI=1S/C20H10Cl4N2O2/c21-14-4-1-3-13(18(14)23)17-8-7-12(28-17)9-11(10-25)20(27)26-16-6-2-5-15(22)19(16)24/h1-9H,(H,26,27)/b11-9+. The molecular formula is C20H10Cl4N2O2. The minimum Gasteiger partial charge on any atom is -0.457 e. The van der Waals surface area contributed by atoms with Crippen molar-refractivity contribution in [1.82, 2.24) is 0 Å². The Morgan fingerprint density at radius 2 is 1.64 bits per heavy atom. The van der Waals surface area contributed by atoms with Crippen LogP contribution in [0, 0.1) is 11.3 Å². The highest BCUT2D eigenvalue weighted by Gasteiger charge is 2.15. The second-order valence-electron chi connectivity index (χ2n) is 5.53. The van der Waals surface area contributed by atoms with Crippen molar-refractivity contribution in [1.29, 1.82) is 5.26 Å². The fraction of sp³-hybridized carbons (Fsp3) is 0. The number of rotatable bonds is 4. The molecule has 1 heterocycles. The fourth-order valence-corrected chi connectivity index (χ4v) is 3.09. The summed E-state index contributed by atoms with van der Waals surface area (Å²) in [4.78, 5) is 12.4. The number of nitriles is 1. The van der Waals surface area contributed by atoms with E-state index in [9.17, 15) is 10.1 Å². The Bertz CT molecular complexity index is 1130. The summed E-state index contributed by atoms with van der Waals surface area (Å²) in [6.07, 6.45) is 1.32.